The third kappa shape index (κ3) is 4.52. The highest BCUT2D eigenvalue weighted by molar-refractivity contribution is 5.91. The number of rotatable bonds is 6. The molecule has 0 aromatic heterocycles. The first-order valence-corrected chi connectivity index (χ1v) is 7.39. The lowest BCUT2D eigenvalue weighted by molar-refractivity contribution is -0.116. The Bertz CT molecular complexity index is 593. The molecule has 0 atom stereocenters. The van der Waals surface area contributed by atoms with E-state index >= 15 is 0 Å². The minimum atomic E-state index is 0.0281. The summed E-state index contributed by atoms with van der Waals surface area (Å²) < 4.78 is 0. The SMILES string of the molecule is CN(C)c1ccc(NC(=O)CCN(C)c2ccccc2)cc1. The molecule has 2 aromatic carbocycles. The van der Waals surface area contributed by atoms with E-state index < -0.39 is 0 Å². The summed E-state index contributed by atoms with van der Waals surface area (Å²) in [5.74, 6) is 0.0281. The molecule has 1 amide bonds. The van der Waals surface area contributed by atoms with Crippen molar-refractivity contribution in [2.45, 2.75) is 6.42 Å². The van der Waals surface area contributed by atoms with Crippen LogP contribution in [0.4, 0.5) is 17.1 Å². The number of benzene rings is 2. The Balaban J connectivity index is 1.83. The third-order valence-corrected chi connectivity index (χ3v) is 3.54. The van der Waals surface area contributed by atoms with Crippen molar-refractivity contribution in [1.29, 1.82) is 0 Å². The summed E-state index contributed by atoms with van der Waals surface area (Å²) in [5, 5.41) is 2.93. The first-order chi connectivity index (χ1) is 10.6. The van der Waals surface area contributed by atoms with Crippen LogP contribution < -0.4 is 15.1 Å². The number of para-hydroxylation sites is 1. The molecule has 0 unspecified atom stereocenters. The van der Waals surface area contributed by atoms with Gasteiger partial charge in [-0.1, -0.05) is 18.2 Å². The van der Waals surface area contributed by atoms with Crippen molar-refractivity contribution >= 4 is 23.0 Å². The molecule has 2 rings (SSSR count). The first kappa shape index (κ1) is 15.9. The number of nitrogens with one attached hydrogen (secondary N) is 1. The molecule has 0 radical (unpaired) electrons. The Hall–Kier alpha value is -2.49. The molecule has 4 nitrogen and oxygen atoms in total. The van der Waals surface area contributed by atoms with Gasteiger partial charge in [0, 0.05) is 51.2 Å². The molecule has 0 aliphatic heterocycles. The van der Waals surface area contributed by atoms with Gasteiger partial charge in [-0.25, -0.2) is 0 Å². The van der Waals surface area contributed by atoms with Crippen LogP contribution in [0.3, 0.4) is 0 Å². The van der Waals surface area contributed by atoms with Crippen LogP contribution in [-0.2, 0) is 4.79 Å². The number of amides is 1. The quantitative estimate of drug-likeness (QED) is 0.889. The van der Waals surface area contributed by atoms with Crippen LogP contribution in [0.15, 0.2) is 54.6 Å². The zero-order chi connectivity index (χ0) is 15.9. The molecule has 0 fully saturated rings. The second-order valence-corrected chi connectivity index (χ2v) is 5.50. The minimum Gasteiger partial charge on any atom is -0.378 e. The van der Waals surface area contributed by atoms with Crippen molar-refractivity contribution in [1.82, 2.24) is 0 Å². The summed E-state index contributed by atoms with van der Waals surface area (Å²) in [6.07, 6.45) is 0.459. The molecule has 0 saturated carbocycles. The summed E-state index contributed by atoms with van der Waals surface area (Å²) in [5.41, 5.74) is 3.06. The van der Waals surface area contributed by atoms with Gasteiger partial charge >= 0.3 is 0 Å². The Morgan fingerprint density at radius 3 is 2.14 bits per heavy atom. The van der Waals surface area contributed by atoms with Crippen LogP contribution >= 0.6 is 0 Å². The molecule has 1 N–H and O–H groups in total. The van der Waals surface area contributed by atoms with Gasteiger partial charge in [0.15, 0.2) is 0 Å². The lowest BCUT2D eigenvalue weighted by atomic mass is 10.2. The van der Waals surface area contributed by atoms with Crippen LogP contribution in [0.25, 0.3) is 0 Å². The normalized spacial score (nSPS) is 10.1. The molecule has 2 aromatic rings. The molecule has 0 aliphatic rings. The number of hydrogen-bond acceptors (Lipinski definition) is 3. The summed E-state index contributed by atoms with van der Waals surface area (Å²) >= 11 is 0. The zero-order valence-electron chi connectivity index (χ0n) is 13.4. The zero-order valence-corrected chi connectivity index (χ0v) is 13.4. The van der Waals surface area contributed by atoms with Crippen molar-refractivity contribution in [3.63, 3.8) is 0 Å². The van der Waals surface area contributed by atoms with Crippen LogP contribution in [0.2, 0.25) is 0 Å². The molecule has 116 valence electrons. The van der Waals surface area contributed by atoms with Crippen LogP contribution in [-0.4, -0.2) is 33.6 Å². The Kier molecular flexibility index (Phi) is 5.42. The van der Waals surface area contributed by atoms with E-state index in [1.54, 1.807) is 0 Å². The average molecular weight is 297 g/mol. The fraction of sp³-hybridized carbons (Fsp3) is 0.278. The monoisotopic (exact) mass is 297 g/mol. The number of anilines is 3. The predicted molar refractivity (Wildman–Crippen MR) is 93.7 cm³/mol. The van der Waals surface area contributed by atoms with E-state index in [-0.39, 0.29) is 5.91 Å². The number of nitrogens with zero attached hydrogens (tertiary/aromatic N) is 2. The average Bonchev–Trinajstić information content (AvgIpc) is 2.54. The summed E-state index contributed by atoms with van der Waals surface area (Å²) in [6, 6.07) is 17.9. The van der Waals surface area contributed by atoms with E-state index in [1.807, 2.05) is 80.6 Å². The third-order valence-electron chi connectivity index (χ3n) is 3.54. The molecule has 22 heavy (non-hydrogen) atoms. The first-order valence-electron chi connectivity index (χ1n) is 7.39. The van der Waals surface area contributed by atoms with Crippen LogP contribution in [0.5, 0.6) is 0 Å². The van der Waals surface area contributed by atoms with Gasteiger partial charge in [-0.2, -0.15) is 0 Å². The summed E-state index contributed by atoms with van der Waals surface area (Å²) in [6.45, 7) is 0.686. The van der Waals surface area contributed by atoms with Gasteiger partial charge in [-0.05, 0) is 36.4 Å². The number of hydrogen-bond donors (Lipinski definition) is 1. The van der Waals surface area contributed by atoms with Gasteiger partial charge in [-0.15, -0.1) is 0 Å². The number of carbonyl (C=O) groups excluding carboxylic acids is 1. The van der Waals surface area contributed by atoms with E-state index in [0.717, 1.165) is 17.1 Å². The highest BCUT2D eigenvalue weighted by Crippen LogP contribution is 2.16. The lowest BCUT2D eigenvalue weighted by Gasteiger charge is -2.19. The molecule has 0 saturated heterocycles. The van der Waals surface area contributed by atoms with E-state index in [2.05, 4.69) is 10.2 Å². The lowest BCUT2D eigenvalue weighted by Crippen LogP contribution is -2.23. The van der Waals surface area contributed by atoms with Crippen molar-refractivity contribution in [2.24, 2.45) is 0 Å². The molecule has 0 heterocycles. The highest BCUT2D eigenvalue weighted by Gasteiger charge is 2.06. The largest absolute Gasteiger partial charge is 0.378 e. The minimum absolute atomic E-state index is 0.0281. The standard InChI is InChI=1S/C18H23N3O/c1-20(2)16-11-9-15(10-12-16)19-18(22)13-14-21(3)17-7-5-4-6-8-17/h4-12H,13-14H2,1-3H3,(H,19,22). The Morgan fingerprint density at radius 2 is 1.55 bits per heavy atom. The molecule has 0 spiro atoms. The van der Waals surface area contributed by atoms with E-state index in [9.17, 15) is 4.79 Å². The van der Waals surface area contributed by atoms with Crippen molar-refractivity contribution < 1.29 is 4.79 Å². The maximum atomic E-state index is 12.0. The number of carbonyl (C=O) groups is 1. The van der Waals surface area contributed by atoms with Gasteiger partial charge in [0.05, 0.1) is 0 Å². The summed E-state index contributed by atoms with van der Waals surface area (Å²) in [7, 11) is 5.98. The maximum absolute atomic E-state index is 12.0. The molecular formula is C18H23N3O. The van der Waals surface area contributed by atoms with Crippen molar-refractivity contribution in [3.05, 3.63) is 54.6 Å². The van der Waals surface area contributed by atoms with E-state index in [4.69, 9.17) is 0 Å². The van der Waals surface area contributed by atoms with Crippen molar-refractivity contribution in [3.8, 4) is 0 Å². The fourth-order valence-corrected chi connectivity index (χ4v) is 2.15. The van der Waals surface area contributed by atoms with Gasteiger partial charge < -0.3 is 15.1 Å². The second kappa shape index (κ2) is 7.50. The fourth-order valence-electron chi connectivity index (χ4n) is 2.15. The molecule has 4 heteroatoms. The van der Waals surface area contributed by atoms with E-state index in [0.29, 0.717) is 13.0 Å². The van der Waals surface area contributed by atoms with Gasteiger partial charge in [0.1, 0.15) is 0 Å². The highest BCUT2D eigenvalue weighted by atomic mass is 16.1. The van der Waals surface area contributed by atoms with Gasteiger partial charge in [0.2, 0.25) is 5.91 Å². The Labute approximate surface area is 132 Å². The Morgan fingerprint density at radius 1 is 0.909 bits per heavy atom. The van der Waals surface area contributed by atoms with Crippen LogP contribution in [0, 0.1) is 0 Å². The molecular weight excluding hydrogens is 274 g/mol. The van der Waals surface area contributed by atoms with Gasteiger partial charge in [-0.3, -0.25) is 4.79 Å². The topological polar surface area (TPSA) is 35.6 Å². The van der Waals surface area contributed by atoms with Gasteiger partial charge in [0.25, 0.3) is 0 Å². The second-order valence-electron chi connectivity index (χ2n) is 5.50. The maximum Gasteiger partial charge on any atom is 0.226 e. The van der Waals surface area contributed by atoms with E-state index in [1.165, 1.54) is 0 Å². The predicted octanol–water partition coefficient (Wildman–Crippen LogP) is 3.22. The molecule has 0 aliphatic carbocycles. The molecule has 0 bridgehead atoms. The van der Waals surface area contributed by atoms with Crippen LogP contribution in [0.1, 0.15) is 6.42 Å². The van der Waals surface area contributed by atoms with Crippen molar-refractivity contribution in [2.75, 3.05) is 42.8 Å². The smallest absolute Gasteiger partial charge is 0.226 e. The summed E-state index contributed by atoms with van der Waals surface area (Å²) in [4.78, 5) is 16.1.